The fourth-order valence-corrected chi connectivity index (χ4v) is 2.15. The van der Waals surface area contributed by atoms with Crippen molar-refractivity contribution in [3.63, 3.8) is 0 Å². The Morgan fingerprint density at radius 1 is 0.842 bits per heavy atom. The fourth-order valence-electron chi connectivity index (χ4n) is 2.15. The summed E-state index contributed by atoms with van der Waals surface area (Å²) in [4.78, 5) is 0. The van der Waals surface area contributed by atoms with Crippen LogP contribution in [0, 0.1) is 5.92 Å². The minimum atomic E-state index is -0.124. The van der Waals surface area contributed by atoms with Crippen molar-refractivity contribution in [1.29, 1.82) is 0 Å². The van der Waals surface area contributed by atoms with E-state index in [4.69, 9.17) is 10.5 Å². The summed E-state index contributed by atoms with van der Waals surface area (Å²) in [7, 11) is 0. The SMILES string of the molecule is CC(C)C(Oc1ccccc1)C(N)c1ccccc1. The average molecular weight is 255 g/mol. The van der Waals surface area contributed by atoms with Crippen molar-refractivity contribution in [2.45, 2.75) is 26.0 Å². The van der Waals surface area contributed by atoms with E-state index >= 15 is 0 Å². The van der Waals surface area contributed by atoms with Crippen molar-refractivity contribution in [3.8, 4) is 5.75 Å². The number of hydrogen-bond donors (Lipinski definition) is 1. The van der Waals surface area contributed by atoms with Crippen LogP contribution in [0.15, 0.2) is 60.7 Å². The second-order valence-electron chi connectivity index (χ2n) is 5.08. The van der Waals surface area contributed by atoms with Gasteiger partial charge in [-0.3, -0.25) is 0 Å². The molecule has 0 saturated heterocycles. The Balaban J connectivity index is 2.17. The van der Waals surface area contributed by atoms with Gasteiger partial charge in [0.25, 0.3) is 0 Å². The molecule has 100 valence electrons. The molecule has 2 aromatic rings. The molecule has 0 bridgehead atoms. The molecule has 0 aromatic heterocycles. The van der Waals surface area contributed by atoms with E-state index in [2.05, 4.69) is 26.0 Å². The maximum Gasteiger partial charge on any atom is 0.120 e. The van der Waals surface area contributed by atoms with E-state index in [0.29, 0.717) is 5.92 Å². The monoisotopic (exact) mass is 255 g/mol. The lowest BCUT2D eigenvalue weighted by Gasteiger charge is -2.28. The third-order valence-electron chi connectivity index (χ3n) is 3.21. The van der Waals surface area contributed by atoms with Crippen LogP contribution in [0.3, 0.4) is 0 Å². The lowest BCUT2D eigenvalue weighted by Crippen LogP contribution is -2.35. The van der Waals surface area contributed by atoms with E-state index < -0.39 is 0 Å². The first kappa shape index (κ1) is 13.6. The zero-order valence-corrected chi connectivity index (χ0v) is 11.5. The van der Waals surface area contributed by atoms with Gasteiger partial charge >= 0.3 is 0 Å². The van der Waals surface area contributed by atoms with Crippen LogP contribution in [0.1, 0.15) is 25.5 Å². The van der Waals surface area contributed by atoms with Gasteiger partial charge in [-0.05, 0) is 23.6 Å². The molecule has 2 nitrogen and oxygen atoms in total. The molecule has 2 unspecified atom stereocenters. The first-order valence-electron chi connectivity index (χ1n) is 6.70. The van der Waals surface area contributed by atoms with E-state index in [1.165, 1.54) is 0 Å². The van der Waals surface area contributed by atoms with Crippen molar-refractivity contribution in [2.75, 3.05) is 0 Å². The van der Waals surface area contributed by atoms with Crippen LogP contribution in [0.2, 0.25) is 0 Å². The molecule has 19 heavy (non-hydrogen) atoms. The van der Waals surface area contributed by atoms with Gasteiger partial charge < -0.3 is 10.5 Å². The van der Waals surface area contributed by atoms with Gasteiger partial charge in [-0.2, -0.15) is 0 Å². The first-order chi connectivity index (χ1) is 9.18. The van der Waals surface area contributed by atoms with E-state index in [1.807, 2.05) is 48.5 Å². The van der Waals surface area contributed by atoms with Gasteiger partial charge in [-0.25, -0.2) is 0 Å². The second-order valence-corrected chi connectivity index (χ2v) is 5.08. The van der Waals surface area contributed by atoms with E-state index in [1.54, 1.807) is 0 Å². The summed E-state index contributed by atoms with van der Waals surface area (Å²) in [5, 5.41) is 0. The molecule has 0 aliphatic carbocycles. The third-order valence-corrected chi connectivity index (χ3v) is 3.21. The summed E-state index contributed by atoms with van der Waals surface area (Å²) in [5.41, 5.74) is 7.47. The number of rotatable bonds is 5. The van der Waals surface area contributed by atoms with Gasteiger partial charge in [-0.15, -0.1) is 0 Å². The second kappa shape index (κ2) is 6.39. The van der Waals surface area contributed by atoms with Crippen LogP contribution in [-0.2, 0) is 0 Å². The molecule has 0 spiro atoms. The lowest BCUT2D eigenvalue weighted by molar-refractivity contribution is 0.123. The van der Waals surface area contributed by atoms with Gasteiger partial charge in [0, 0.05) is 0 Å². The largest absolute Gasteiger partial charge is 0.488 e. The van der Waals surface area contributed by atoms with Crippen LogP contribution in [0.4, 0.5) is 0 Å². The van der Waals surface area contributed by atoms with Crippen LogP contribution in [0.5, 0.6) is 5.75 Å². The molecule has 0 aliphatic heterocycles. The summed E-state index contributed by atoms with van der Waals surface area (Å²) in [6.07, 6.45) is -0.0372. The Labute approximate surface area is 115 Å². The number of para-hydroxylation sites is 1. The van der Waals surface area contributed by atoms with Crippen LogP contribution in [0.25, 0.3) is 0 Å². The van der Waals surface area contributed by atoms with Crippen molar-refractivity contribution in [2.24, 2.45) is 11.7 Å². The zero-order chi connectivity index (χ0) is 13.7. The summed E-state index contributed by atoms with van der Waals surface area (Å²) < 4.78 is 6.07. The molecule has 2 rings (SSSR count). The minimum absolute atomic E-state index is 0.0372. The van der Waals surface area contributed by atoms with Crippen molar-refractivity contribution in [3.05, 3.63) is 66.2 Å². The maximum atomic E-state index is 6.36. The molecular weight excluding hydrogens is 234 g/mol. The zero-order valence-electron chi connectivity index (χ0n) is 11.5. The summed E-state index contributed by atoms with van der Waals surface area (Å²) in [6, 6.07) is 19.9. The summed E-state index contributed by atoms with van der Waals surface area (Å²) in [6.45, 7) is 4.27. The van der Waals surface area contributed by atoms with Crippen LogP contribution in [-0.4, -0.2) is 6.10 Å². The minimum Gasteiger partial charge on any atom is -0.488 e. The highest BCUT2D eigenvalue weighted by molar-refractivity contribution is 5.24. The molecule has 0 heterocycles. The highest BCUT2D eigenvalue weighted by Gasteiger charge is 2.24. The first-order valence-corrected chi connectivity index (χ1v) is 6.70. The van der Waals surface area contributed by atoms with Crippen molar-refractivity contribution < 1.29 is 4.74 Å². The predicted molar refractivity (Wildman–Crippen MR) is 79.1 cm³/mol. The van der Waals surface area contributed by atoms with Crippen LogP contribution < -0.4 is 10.5 Å². The number of hydrogen-bond acceptors (Lipinski definition) is 2. The molecule has 2 N–H and O–H groups in total. The van der Waals surface area contributed by atoms with Gasteiger partial charge in [0.1, 0.15) is 11.9 Å². The molecule has 0 radical (unpaired) electrons. The Morgan fingerprint density at radius 2 is 1.37 bits per heavy atom. The summed E-state index contributed by atoms with van der Waals surface area (Å²) >= 11 is 0. The normalized spacial score (nSPS) is 14.1. The Bertz CT molecular complexity index is 481. The Morgan fingerprint density at radius 3 is 1.89 bits per heavy atom. The van der Waals surface area contributed by atoms with Crippen molar-refractivity contribution >= 4 is 0 Å². The van der Waals surface area contributed by atoms with Gasteiger partial charge in [-0.1, -0.05) is 62.4 Å². The number of nitrogens with two attached hydrogens (primary N) is 1. The van der Waals surface area contributed by atoms with Gasteiger partial charge in [0.15, 0.2) is 0 Å². The van der Waals surface area contributed by atoms with E-state index in [0.717, 1.165) is 11.3 Å². The van der Waals surface area contributed by atoms with Gasteiger partial charge in [0.2, 0.25) is 0 Å². The number of ether oxygens (including phenoxy) is 1. The highest BCUT2D eigenvalue weighted by Crippen LogP contribution is 2.24. The fraction of sp³-hybridized carbons (Fsp3) is 0.294. The van der Waals surface area contributed by atoms with Crippen molar-refractivity contribution in [1.82, 2.24) is 0 Å². The van der Waals surface area contributed by atoms with E-state index in [9.17, 15) is 0 Å². The Hall–Kier alpha value is -1.80. The lowest BCUT2D eigenvalue weighted by atomic mass is 9.94. The topological polar surface area (TPSA) is 35.2 Å². The third kappa shape index (κ3) is 3.58. The average Bonchev–Trinajstić information content (AvgIpc) is 2.46. The molecule has 2 heteroatoms. The summed E-state index contributed by atoms with van der Waals surface area (Å²) in [5.74, 6) is 1.21. The predicted octanol–water partition coefficient (Wildman–Crippen LogP) is 3.79. The molecule has 2 aromatic carbocycles. The van der Waals surface area contributed by atoms with Gasteiger partial charge in [0.05, 0.1) is 6.04 Å². The quantitative estimate of drug-likeness (QED) is 0.882. The molecule has 2 atom stereocenters. The molecule has 0 saturated carbocycles. The maximum absolute atomic E-state index is 6.36. The standard InChI is InChI=1S/C17H21NO/c1-13(2)17(19-15-11-7-4-8-12-15)16(18)14-9-5-3-6-10-14/h3-13,16-17H,18H2,1-2H3. The number of benzene rings is 2. The van der Waals surface area contributed by atoms with E-state index in [-0.39, 0.29) is 12.1 Å². The molecular formula is C17H21NO. The highest BCUT2D eigenvalue weighted by atomic mass is 16.5. The molecule has 0 aliphatic rings. The molecule has 0 fully saturated rings. The smallest absolute Gasteiger partial charge is 0.120 e. The Kier molecular flexibility index (Phi) is 4.58. The van der Waals surface area contributed by atoms with Crippen LogP contribution >= 0.6 is 0 Å². The molecule has 0 amide bonds.